The fraction of sp³-hybridized carbons (Fsp3) is 0.529. The minimum atomic E-state index is 0.337. The number of ether oxygens (including phenoxy) is 1. The largest absolute Gasteiger partial charge is 0.380 e. The number of aryl methyl sites for hydroxylation is 1. The number of fused-ring (bicyclic) bond motifs is 3. The van der Waals surface area contributed by atoms with Crippen LogP contribution in [-0.2, 0) is 11.2 Å². The standard InChI is InChI=1S/C17H22N2O/c1-17(10-20-11-17)9-18-15-8-4-6-13-12-5-2-3-7-14(12)19-16(13)15/h2-3,5,7,15,18-19H,4,6,8-11H2,1H3. The molecule has 1 aromatic heterocycles. The Morgan fingerprint density at radius 1 is 1.35 bits per heavy atom. The van der Waals surface area contributed by atoms with Gasteiger partial charge in [0.05, 0.1) is 13.2 Å². The zero-order valence-electron chi connectivity index (χ0n) is 12.0. The molecular formula is C17H22N2O. The van der Waals surface area contributed by atoms with Gasteiger partial charge in [-0.05, 0) is 30.9 Å². The van der Waals surface area contributed by atoms with Crippen LogP contribution in [0, 0.1) is 5.41 Å². The number of hydrogen-bond donors (Lipinski definition) is 2. The van der Waals surface area contributed by atoms with Crippen LogP contribution in [0.2, 0.25) is 0 Å². The molecule has 2 aromatic rings. The van der Waals surface area contributed by atoms with Gasteiger partial charge in [-0.3, -0.25) is 0 Å². The normalized spacial score (nSPS) is 24.4. The second-order valence-electron chi connectivity index (χ2n) is 6.69. The van der Waals surface area contributed by atoms with Crippen molar-refractivity contribution in [1.29, 1.82) is 0 Å². The van der Waals surface area contributed by atoms with Crippen LogP contribution in [0.3, 0.4) is 0 Å². The van der Waals surface area contributed by atoms with Crippen molar-refractivity contribution in [2.45, 2.75) is 32.2 Å². The van der Waals surface area contributed by atoms with Gasteiger partial charge in [0.2, 0.25) is 0 Å². The Kier molecular flexibility index (Phi) is 2.86. The van der Waals surface area contributed by atoms with Gasteiger partial charge in [-0.1, -0.05) is 25.1 Å². The molecule has 4 rings (SSSR count). The number of nitrogens with one attached hydrogen (secondary N) is 2. The maximum Gasteiger partial charge on any atom is 0.0554 e. The summed E-state index contributed by atoms with van der Waals surface area (Å²) >= 11 is 0. The summed E-state index contributed by atoms with van der Waals surface area (Å²) in [6.45, 7) is 5.14. The molecule has 0 radical (unpaired) electrons. The minimum absolute atomic E-state index is 0.337. The smallest absolute Gasteiger partial charge is 0.0554 e. The first-order valence-electron chi connectivity index (χ1n) is 7.66. The molecule has 1 saturated heterocycles. The van der Waals surface area contributed by atoms with E-state index in [4.69, 9.17) is 4.74 Å². The molecule has 0 bridgehead atoms. The number of benzene rings is 1. The Labute approximate surface area is 119 Å². The van der Waals surface area contributed by atoms with Crippen molar-refractivity contribution in [2.75, 3.05) is 19.8 Å². The highest BCUT2D eigenvalue weighted by Gasteiger charge is 2.34. The van der Waals surface area contributed by atoms with Gasteiger partial charge in [0.15, 0.2) is 0 Å². The van der Waals surface area contributed by atoms with Crippen molar-refractivity contribution < 1.29 is 4.74 Å². The SMILES string of the molecule is CC1(CNC2CCCc3c2[nH]c2ccccc32)COC1. The molecule has 0 amide bonds. The zero-order valence-corrected chi connectivity index (χ0v) is 12.0. The molecule has 1 unspecified atom stereocenters. The van der Waals surface area contributed by atoms with Crippen molar-refractivity contribution in [3.8, 4) is 0 Å². The Hall–Kier alpha value is -1.32. The molecule has 1 aliphatic carbocycles. The lowest BCUT2D eigenvalue weighted by atomic mass is 9.86. The second-order valence-corrected chi connectivity index (χ2v) is 6.69. The van der Waals surface area contributed by atoms with E-state index in [1.165, 1.54) is 41.4 Å². The van der Waals surface area contributed by atoms with Crippen LogP contribution in [-0.4, -0.2) is 24.7 Å². The molecule has 2 N–H and O–H groups in total. The predicted molar refractivity (Wildman–Crippen MR) is 80.9 cm³/mol. The van der Waals surface area contributed by atoms with Crippen molar-refractivity contribution >= 4 is 10.9 Å². The molecule has 1 atom stereocenters. The topological polar surface area (TPSA) is 37.0 Å². The van der Waals surface area contributed by atoms with Gasteiger partial charge in [0.1, 0.15) is 0 Å². The average molecular weight is 270 g/mol. The summed E-state index contributed by atoms with van der Waals surface area (Å²) in [6, 6.07) is 9.16. The van der Waals surface area contributed by atoms with E-state index in [0.29, 0.717) is 11.5 Å². The van der Waals surface area contributed by atoms with Crippen LogP contribution in [0.5, 0.6) is 0 Å². The van der Waals surface area contributed by atoms with E-state index in [0.717, 1.165) is 19.8 Å². The molecule has 3 heteroatoms. The fourth-order valence-corrected chi connectivity index (χ4v) is 3.54. The molecule has 2 aliphatic rings. The maximum absolute atomic E-state index is 5.35. The Bertz CT molecular complexity index is 627. The third-order valence-corrected chi connectivity index (χ3v) is 4.79. The van der Waals surface area contributed by atoms with E-state index in [2.05, 4.69) is 41.5 Å². The van der Waals surface area contributed by atoms with Gasteiger partial charge < -0.3 is 15.0 Å². The van der Waals surface area contributed by atoms with Crippen LogP contribution in [0.4, 0.5) is 0 Å². The predicted octanol–water partition coefficient (Wildman–Crippen LogP) is 3.17. The van der Waals surface area contributed by atoms with E-state index in [1.54, 1.807) is 0 Å². The van der Waals surface area contributed by atoms with Crippen LogP contribution >= 0.6 is 0 Å². The highest BCUT2D eigenvalue weighted by molar-refractivity contribution is 5.85. The van der Waals surface area contributed by atoms with Crippen molar-refractivity contribution in [1.82, 2.24) is 10.3 Å². The van der Waals surface area contributed by atoms with Gasteiger partial charge in [-0.2, -0.15) is 0 Å². The lowest BCUT2D eigenvalue weighted by molar-refractivity contribution is -0.100. The van der Waals surface area contributed by atoms with Crippen LogP contribution in [0.15, 0.2) is 24.3 Å². The van der Waals surface area contributed by atoms with Crippen molar-refractivity contribution in [3.63, 3.8) is 0 Å². The average Bonchev–Trinajstić information content (AvgIpc) is 2.82. The van der Waals surface area contributed by atoms with E-state index in [1.807, 2.05) is 0 Å². The maximum atomic E-state index is 5.35. The first-order chi connectivity index (χ1) is 9.75. The number of rotatable bonds is 3. The van der Waals surface area contributed by atoms with E-state index >= 15 is 0 Å². The summed E-state index contributed by atoms with van der Waals surface area (Å²) in [5.41, 5.74) is 4.56. The number of H-pyrrole nitrogens is 1. The van der Waals surface area contributed by atoms with E-state index < -0.39 is 0 Å². The van der Waals surface area contributed by atoms with Crippen molar-refractivity contribution in [2.24, 2.45) is 5.41 Å². The molecule has 20 heavy (non-hydrogen) atoms. The molecule has 1 aliphatic heterocycles. The Morgan fingerprint density at radius 2 is 2.20 bits per heavy atom. The van der Waals surface area contributed by atoms with Crippen LogP contribution < -0.4 is 5.32 Å². The van der Waals surface area contributed by atoms with Crippen molar-refractivity contribution in [3.05, 3.63) is 35.5 Å². The molecular weight excluding hydrogens is 248 g/mol. The molecule has 1 fully saturated rings. The van der Waals surface area contributed by atoms with E-state index in [9.17, 15) is 0 Å². The number of hydrogen-bond acceptors (Lipinski definition) is 2. The molecule has 0 spiro atoms. The molecule has 106 valence electrons. The molecule has 0 saturated carbocycles. The lowest BCUT2D eigenvalue weighted by Crippen LogP contribution is -2.48. The highest BCUT2D eigenvalue weighted by atomic mass is 16.5. The molecule has 2 heterocycles. The monoisotopic (exact) mass is 270 g/mol. The third kappa shape index (κ3) is 1.97. The van der Waals surface area contributed by atoms with Gasteiger partial charge in [0, 0.05) is 34.6 Å². The van der Waals surface area contributed by atoms with Gasteiger partial charge in [-0.25, -0.2) is 0 Å². The van der Waals surface area contributed by atoms with Gasteiger partial charge >= 0.3 is 0 Å². The van der Waals surface area contributed by atoms with Crippen LogP contribution in [0.25, 0.3) is 10.9 Å². The summed E-state index contributed by atoms with van der Waals surface area (Å²) < 4.78 is 5.35. The first kappa shape index (κ1) is 12.4. The first-order valence-corrected chi connectivity index (χ1v) is 7.66. The summed E-state index contributed by atoms with van der Waals surface area (Å²) in [5.74, 6) is 0. The van der Waals surface area contributed by atoms with E-state index in [-0.39, 0.29) is 0 Å². The number of aromatic amines is 1. The zero-order chi connectivity index (χ0) is 13.6. The minimum Gasteiger partial charge on any atom is -0.380 e. The lowest BCUT2D eigenvalue weighted by Gasteiger charge is -2.39. The Morgan fingerprint density at radius 3 is 3.00 bits per heavy atom. The van der Waals surface area contributed by atoms with Gasteiger partial charge in [0.25, 0.3) is 0 Å². The summed E-state index contributed by atoms with van der Waals surface area (Å²) in [5, 5.41) is 5.18. The number of para-hydroxylation sites is 1. The van der Waals surface area contributed by atoms with Gasteiger partial charge in [-0.15, -0.1) is 0 Å². The highest BCUT2D eigenvalue weighted by Crippen LogP contribution is 2.35. The quantitative estimate of drug-likeness (QED) is 0.899. The second kappa shape index (κ2) is 4.61. The third-order valence-electron chi connectivity index (χ3n) is 4.79. The summed E-state index contributed by atoms with van der Waals surface area (Å²) in [7, 11) is 0. The Balaban J connectivity index is 1.61. The molecule has 1 aromatic carbocycles. The summed E-state index contributed by atoms with van der Waals surface area (Å²) in [6.07, 6.45) is 3.72. The summed E-state index contributed by atoms with van der Waals surface area (Å²) in [4.78, 5) is 3.64. The molecule has 3 nitrogen and oxygen atoms in total. The number of aromatic nitrogens is 1. The fourth-order valence-electron chi connectivity index (χ4n) is 3.54. The van der Waals surface area contributed by atoms with Crippen LogP contribution in [0.1, 0.15) is 37.1 Å².